The summed E-state index contributed by atoms with van der Waals surface area (Å²) in [6.45, 7) is 0.920. The van der Waals surface area contributed by atoms with Crippen LogP contribution in [0.1, 0.15) is 11.4 Å². The van der Waals surface area contributed by atoms with Crippen LogP contribution in [0.15, 0.2) is 53.3 Å². The lowest BCUT2D eigenvalue weighted by Crippen LogP contribution is -2.22. The summed E-state index contributed by atoms with van der Waals surface area (Å²) in [5.74, 6) is 0.965. The third kappa shape index (κ3) is 2.66. The molecule has 4 aromatic rings. The van der Waals surface area contributed by atoms with Gasteiger partial charge in [0.15, 0.2) is 5.82 Å². The number of aryl methyl sites for hydroxylation is 1. The molecule has 0 saturated carbocycles. The van der Waals surface area contributed by atoms with Crippen LogP contribution in [0.2, 0.25) is 0 Å². The van der Waals surface area contributed by atoms with E-state index in [1.807, 2.05) is 40.6 Å². The summed E-state index contributed by atoms with van der Waals surface area (Å²) in [4.78, 5) is 14.4. The molecule has 0 atom stereocenters. The zero-order valence-electron chi connectivity index (χ0n) is 14.6. The number of hydrogen-bond acceptors (Lipinski definition) is 4. The normalized spacial score (nSPS) is 11.7. The van der Waals surface area contributed by atoms with Gasteiger partial charge in [-0.05, 0) is 25.2 Å². The van der Waals surface area contributed by atoms with Crippen LogP contribution in [0.4, 0.5) is 4.39 Å². The highest BCUT2D eigenvalue weighted by atomic mass is 19.1. The molecule has 6 nitrogen and oxygen atoms in total. The number of hydrogen-bond donors (Lipinski definition) is 0. The Labute approximate surface area is 149 Å². The van der Waals surface area contributed by atoms with E-state index in [4.69, 9.17) is 0 Å². The molecule has 132 valence electrons. The van der Waals surface area contributed by atoms with E-state index < -0.39 is 0 Å². The van der Waals surface area contributed by atoms with Gasteiger partial charge in [-0.3, -0.25) is 18.7 Å². The molecule has 0 radical (unpaired) electrons. The molecule has 2 heterocycles. The van der Waals surface area contributed by atoms with Gasteiger partial charge in [0.05, 0.1) is 17.4 Å². The molecular formula is C19H18FN5O. The van der Waals surface area contributed by atoms with Crippen LogP contribution >= 0.6 is 0 Å². The summed E-state index contributed by atoms with van der Waals surface area (Å²) in [6, 6.07) is 14.1. The van der Waals surface area contributed by atoms with Crippen LogP contribution in [-0.4, -0.2) is 31.1 Å². The summed E-state index contributed by atoms with van der Waals surface area (Å²) in [7, 11) is 3.59. The third-order valence-corrected chi connectivity index (χ3v) is 4.50. The second-order valence-electron chi connectivity index (χ2n) is 6.40. The van der Waals surface area contributed by atoms with E-state index in [9.17, 15) is 9.18 Å². The SMILES string of the molecule is CN(Cc1ccccc1F)Cc1nnc2n(C)c(=O)c3ccccc3n12. The van der Waals surface area contributed by atoms with Crippen molar-refractivity contribution < 1.29 is 4.39 Å². The van der Waals surface area contributed by atoms with E-state index in [-0.39, 0.29) is 11.4 Å². The van der Waals surface area contributed by atoms with Crippen LogP contribution in [-0.2, 0) is 20.1 Å². The summed E-state index contributed by atoms with van der Waals surface area (Å²) >= 11 is 0. The second kappa shape index (κ2) is 6.34. The maximum atomic E-state index is 13.9. The Kier molecular flexibility index (Phi) is 4.00. The first kappa shape index (κ1) is 16.4. The van der Waals surface area contributed by atoms with Crippen molar-refractivity contribution >= 4 is 16.7 Å². The van der Waals surface area contributed by atoms with Gasteiger partial charge in [0.25, 0.3) is 5.56 Å². The van der Waals surface area contributed by atoms with Crippen LogP contribution < -0.4 is 5.56 Å². The molecule has 0 N–H and O–H groups in total. The minimum absolute atomic E-state index is 0.105. The Morgan fingerprint density at radius 1 is 1.04 bits per heavy atom. The number of fused-ring (bicyclic) bond motifs is 3. The van der Waals surface area contributed by atoms with Crippen LogP contribution in [0, 0.1) is 5.82 Å². The molecule has 0 unspecified atom stereocenters. The lowest BCUT2D eigenvalue weighted by molar-refractivity contribution is 0.304. The van der Waals surface area contributed by atoms with Crippen molar-refractivity contribution in [1.29, 1.82) is 0 Å². The molecule has 2 aromatic carbocycles. The quantitative estimate of drug-likeness (QED) is 0.566. The minimum Gasteiger partial charge on any atom is -0.295 e. The molecule has 0 aliphatic heterocycles. The molecule has 4 rings (SSSR count). The minimum atomic E-state index is -0.224. The zero-order chi connectivity index (χ0) is 18.3. The maximum absolute atomic E-state index is 13.9. The van der Waals surface area contributed by atoms with E-state index >= 15 is 0 Å². The van der Waals surface area contributed by atoms with Crippen LogP contribution in [0.5, 0.6) is 0 Å². The predicted molar refractivity (Wildman–Crippen MR) is 97.3 cm³/mol. The summed E-state index contributed by atoms with van der Waals surface area (Å²) in [5, 5.41) is 9.06. The fourth-order valence-electron chi connectivity index (χ4n) is 3.21. The van der Waals surface area contributed by atoms with Gasteiger partial charge < -0.3 is 0 Å². The Hall–Kier alpha value is -3.06. The van der Waals surface area contributed by atoms with Gasteiger partial charge in [0, 0.05) is 19.2 Å². The van der Waals surface area contributed by atoms with Crippen molar-refractivity contribution in [1.82, 2.24) is 24.1 Å². The Balaban J connectivity index is 1.76. The monoisotopic (exact) mass is 351 g/mol. The highest BCUT2D eigenvalue weighted by molar-refractivity contribution is 5.80. The van der Waals surface area contributed by atoms with Crippen LogP contribution in [0.25, 0.3) is 16.7 Å². The number of nitrogens with zero attached hydrogens (tertiary/aromatic N) is 5. The molecule has 0 amide bonds. The first-order chi connectivity index (χ1) is 12.6. The van der Waals surface area contributed by atoms with Crippen LogP contribution in [0.3, 0.4) is 0 Å². The molecule has 0 aliphatic carbocycles. The lowest BCUT2D eigenvalue weighted by atomic mass is 10.2. The van der Waals surface area contributed by atoms with Crippen molar-refractivity contribution in [2.24, 2.45) is 7.05 Å². The van der Waals surface area contributed by atoms with Gasteiger partial charge in [0.1, 0.15) is 5.82 Å². The highest BCUT2D eigenvalue weighted by Crippen LogP contribution is 2.16. The molecule has 26 heavy (non-hydrogen) atoms. The lowest BCUT2D eigenvalue weighted by Gasteiger charge is -2.16. The first-order valence-electron chi connectivity index (χ1n) is 8.30. The average molecular weight is 351 g/mol. The van der Waals surface area contributed by atoms with E-state index in [0.29, 0.717) is 35.6 Å². The van der Waals surface area contributed by atoms with Crippen molar-refractivity contribution in [2.75, 3.05) is 7.05 Å². The Bertz CT molecular complexity index is 1160. The van der Waals surface area contributed by atoms with Crippen molar-refractivity contribution in [3.63, 3.8) is 0 Å². The molecule has 2 aromatic heterocycles. The standard InChI is InChI=1S/C19H18FN5O/c1-23(11-13-7-3-5-9-15(13)20)12-17-21-22-19-24(2)18(26)14-8-4-6-10-16(14)25(17)19/h3-10H,11-12H2,1-2H3. The first-order valence-corrected chi connectivity index (χ1v) is 8.30. The topological polar surface area (TPSA) is 55.4 Å². The number of rotatable bonds is 4. The number of aromatic nitrogens is 4. The average Bonchev–Trinajstić information content (AvgIpc) is 3.05. The molecule has 7 heteroatoms. The van der Waals surface area contributed by atoms with Crippen molar-refractivity contribution in [3.05, 3.63) is 76.1 Å². The Morgan fingerprint density at radius 3 is 2.58 bits per heavy atom. The second-order valence-corrected chi connectivity index (χ2v) is 6.40. The van der Waals surface area contributed by atoms with Gasteiger partial charge in [0.2, 0.25) is 5.78 Å². The predicted octanol–water partition coefficient (Wildman–Crippen LogP) is 2.35. The zero-order valence-corrected chi connectivity index (χ0v) is 14.6. The van der Waals surface area contributed by atoms with Crippen molar-refractivity contribution in [3.8, 4) is 0 Å². The van der Waals surface area contributed by atoms with Gasteiger partial charge in [-0.25, -0.2) is 4.39 Å². The van der Waals surface area contributed by atoms with Gasteiger partial charge in [-0.1, -0.05) is 30.3 Å². The van der Waals surface area contributed by atoms with Gasteiger partial charge >= 0.3 is 0 Å². The van der Waals surface area contributed by atoms with Crippen molar-refractivity contribution in [2.45, 2.75) is 13.1 Å². The van der Waals surface area contributed by atoms with E-state index in [0.717, 1.165) is 5.52 Å². The van der Waals surface area contributed by atoms with Gasteiger partial charge in [-0.15, -0.1) is 10.2 Å². The highest BCUT2D eigenvalue weighted by Gasteiger charge is 2.16. The third-order valence-electron chi connectivity index (χ3n) is 4.50. The maximum Gasteiger partial charge on any atom is 0.262 e. The Morgan fingerprint density at radius 2 is 1.77 bits per heavy atom. The van der Waals surface area contributed by atoms with E-state index in [1.54, 1.807) is 25.2 Å². The molecule has 0 aliphatic rings. The molecule has 0 bridgehead atoms. The molecule has 0 spiro atoms. The fraction of sp³-hybridized carbons (Fsp3) is 0.211. The smallest absolute Gasteiger partial charge is 0.262 e. The fourth-order valence-corrected chi connectivity index (χ4v) is 3.21. The largest absolute Gasteiger partial charge is 0.295 e. The van der Waals surface area contributed by atoms with E-state index in [1.165, 1.54) is 10.6 Å². The number of benzene rings is 2. The number of halogens is 1. The number of para-hydroxylation sites is 1. The summed E-state index contributed by atoms with van der Waals surface area (Å²) in [5.41, 5.74) is 1.29. The van der Waals surface area contributed by atoms with E-state index in [2.05, 4.69) is 10.2 Å². The molecule has 0 fully saturated rings. The van der Waals surface area contributed by atoms with Gasteiger partial charge in [-0.2, -0.15) is 0 Å². The summed E-state index contributed by atoms with van der Waals surface area (Å²) in [6.07, 6.45) is 0. The molecule has 0 saturated heterocycles. The summed E-state index contributed by atoms with van der Waals surface area (Å²) < 4.78 is 17.3. The molecular weight excluding hydrogens is 333 g/mol.